The Balaban J connectivity index is 2.29. The van der Waals surface area contributed by atoms with E-state index in [1.165, 1.54) is 6.07 Å². The molecule has 0 aliphatic carbocycles. The van der Waals surface area contributed by atoms with Crippen LogP contribution >= 0.6 is 15.9 Å². The van der Waals surface area contributed by atoms with Gasteiger partial charge in [-0.15, -0.1) is 0 Å². The molecule has 1 fully saturated rings. The highest BCUT2D eigenvalue weighted by molar-refractivity contribution is 9.10. The Hall–Kier alpha value is -0.970. The number of rotatable bonds is 2. The molecular formula is C8H8BrNO3. The van der Waals surface area contributed by atoms with Crippen molar-refractivity contribution in [2.24, 2.45) is 0 Å². The highest BCUT2D eigenvalue weighted by atomic mass is 79.9. The number of carboxylic acid groups (broad SMARTS) is 1. The van der Waals surface area contributed by atoms with Crippen LogP contribution < -0.4 is 4.90 Å². The van der Waals surface area contributed by atoms with Gasteiger partial charge in [0.1, 0.15) is 0 Å². The van der Waals surface area contributed by atoms with Crippen LogP contribution in [0.15, 0.2) is 15.0 Å². The fourth-order valence-electron chi connectivity index (χ4n) is 1.20. The number of furan rings is 1. The third kappa shape index (κ3) is 1.44. The van der Waals surface area contributed by atoms with Crippen LogP contribution in [0.2, 0.25) is 0 Å². The molecule has 70 valence electrons. The summed E-state index contributed by atoms with van der Waals surface area (Å²) in [5.74, 6) is -0.426. The van der Waals surface area contributed by atoms with E-state index < -0.39 is 5.97 Å². The average Bonchev–Trinajstić information content (AvgIpc) is 2.29. The van der Waals surface area contributed by atoms with Crippen molar-refractivity contribution in [2.45, 2.75) is 6.42 Å². The zero-order valence-electron chi connectivity index (χ0n) is 6.79. The monoisotopic (exact) mass is 245 g/mol. The third-order valence-corrected chi connectivity index (χ3v) is 2.59. The van der Waals surface area contributed by atoms with Gasteiger partial charge < -0.3 is 14.4 Å². The summed E-state index contributed by atoms with van der Waals surface area (Å²) in [6.07, 6.45) is 1.13. The van der Waals surface area contributed by atoms with Crippen molar-refractivity contribution in [3.63, 3.8) is 0 Å². The zero-order valence-corrected chi connectivity index (χ0v) is 8.37. The lowest BCUT2D eigenvalue weighted by Crippen LogP contribution is -2.36. The van der Waals surface area contributed by atoms with Crippen LogP contribution in [0.4, 0.5) is 5.88 Å². The molecule has 1 aromatic heterocycles. The quantitative estimate of drug-likeness (QED) is 0.866. The SMILES string of the molecule is O=C(O)c1cc(Br)c(N2CCC2)o1. The largest absolute Gasteiger partial charge is 0.475 e. The zero-order chi connectivity index (χ0) is 9.42. The van der Waals surface area contributed by atoms with Gasteiger partial charge in [0.15, 0.2) is 0 Å². The molecule has 4 nitrogen and oxygen atoms in total. The van der Waals surface area contributed by atoms with Gasteiger partial charge in [-0.1, -0.05) is 0 Å². The molecule has 0 unspecified atom stereocenters. The first-order valence-electron chi connectivity index (χ1n) is 3.96. The number of halogens is 1. The van der Waals surface area contributed by atoms with Gasteiger partial charge in [0.25, 0.3) is 0 Å². The molecule has 1 saturated heterocycles. The molecule has 1 aromatic rings. The van der Waals surface area contributed by atoms with E-state index in [1.807, 2.05) is 4.90 Å². The second-order valence-electron chi connectivity index (χ2n) is 2.91. The summed E-state index contributed by atoms with van der Waals surface area (Å²) in [6, 6.07) is 1.48. The van der Waals surface area contributed by atoms with Crippen molar-refractivity contribution >= 4 is 27.8 Å². The predicted molar refractivity (Wildman–Crippen MR) is 50.2 cm³/mol. The van der Waals surface area contributed by atoms with E-state index in [2.05, 4.69) is 15.9 Å². The first-order valence-corrected chi connectivity index (χ1v) is 4.75. The number of carboxylic acids is 1. The van der Waals surface area contributed by atoms with Crippen LogP contribution in [0, 0.1) is 0 Å². The Kier molecular flexibility index (Phi) is 2.03. The fraction of sp³-hybridized carbons (Fsp3) is 0.375. The Bertz CT molecular complexity index is 343. The number of nitrogens with zero attached hydrogens (tertiary/aromatic N) is 1. The van der Waals surface area contributed by atoms with E-state index in [0.717, 1.165) is 19.5 Å². The molecule has 0 atom stereocenters. The van der Waals surface area contributed by atoms with Crippen LogP contribution in [-0.2, 0) is 0 Å². The maximum atomic E-state index is 10.6. The molecule has 13 heavy (non-hydrogen) atoms. The van der Waals surface area contributed by atoms with Crippen LogP contribution in [0.25, 0.3) is 0 Å². The van der Waals surface area contributed by atoms with Gasteiger partial charge in [-0.3, -0.25) is 0 Å². The molecule has 0 amide bonds. The maximum absolute atomic E-state index is 10.6. The number of hydrogen-bond donors (Lipinski definition) is 1. The molecule has 0 bridgehead atoms. The number of anilines is 1. The van der Waals surface area contributed by atoms with Gasteiger partial charge in [-0.25, -0.2) is 4.79 Å². The minimum Gasteiger partial charge on any atom is -0.475 e. The van der Waals surface area contributed by atoms with E-state index in [9.17, 15) is 4.79 Å². The Morgan fingerprint density at radius 3 is 2.69 bits per heavy atom. The first kappa shape index (κ1) is 8.62. The summed E-state index contributed by atoms with van der Waals surface area (Å²) < 4.78 is 5.87. The summed E-state index contributed by atoms with van der Waals surface area (Å²) in [6.45, 7) is 1.87. The van der Waals surface area contributed by atoms with Gasteiger partial charge in [0.2, 0.25) is 11.6 Å². The smallest absolute Gasteiger partial charge is 0.371 e. The molecule has 0 radical (unpaired) electrons. The summed E-state index contributed by atoms with van der Waals surface area (Å²) in [4.78, 5) is 12.6. The second-order valence-corrected chi connectivity index (χ2v) is 3.76. The highest BCUT2D eigenvalue weighted by Crippen LogP contribution is 2.32. The molecule has 0 saturated carbocycles. The topological polar surface area (TPSA) is 53.7 Å². The van der Waals surface area contributed by atoms with Gasteiger partial charge in [-0.2, -0.15) is 0 Å². The standard InChI is InChI=1S/C8H8BrNO3/c9-5-4-6(8(11)12)13-7(5)10-2-1-3-10/h4H,1-3H2,(H,11,12). The molecule has 2 heterocycles. The molecule has 5 heteroatoms. The van der Waals surface area contributed by atoms with E-state index in [1.54, 1.807) is 0 Å². The van der Waals surface area contributed by atoms with E-state index in [4.69, 9.17) is 9.52 Å². The molecule has 1 N–H and O–H groups in total. The number of hydrogen-bond acceptors (Lipinski definition) is 3. The van der Waals surface area contributed by atoms with E-state index >= 15 is 0 Å². The lowest BCUT2D eigenvalue weighted by molar-refractivity contribution is 0.0663. The van der Waals surface area contributed by atoms with Gasteiger partial charge in [0.05, 0.1) is 4.47 Å². The normalized spacial score (nSPS) is 15.6. The van der Waals surface area contributed by atoms with Crippen molar-refractivity contribution < 1.29 is 14.3 Å². The molecular weight excluding hydrogens is 238 g/mol. The van der Waals surface area contributed by atoms with Crippen molar-refractivity contribution in [1.29, 1.82) is 0 Å². The summed E-state index contributed by atoms with van der Waals surface area (Å²) in [5, 5.41) is 8.66. The van der Waals surface area contributed by atoms with Gasteiger partial charge >= 0.3 is 5.97 Å². The van der Waals surface area contributed by atoms with Crippen LogP contribution in [-0.4, -0.2) is 24.2 Å². The second kappa shape index (κ2) is 3.06. The molecule has 2 rings (SSSR count). The van der Waals surface area contributed by atoms with Crippen LogP contribution in [0.5, 0.6) is 0 Å². The number of carbonyl (C=O) groups is 1. The maximum Gasteiger partial charge on any atom is 0.371 e. The molecule has 1 aliphatic heterocycles. The number of aromatic carboxylic acids is 1. The lowest BCUT2D eigenvalue weighted by Gasteiger charge is -2.30. The van der Waals surface area contributed by atoms with E-state index in [0.29, 0.717) is 10.4 Å². The predicted octanol–water partition coefficient (Wildman–Crippen LogP) is 1.95. The fourth-order valence-corrected chi connectivity index (χ4v) is 1.74. The Labute approximate surface area is 83.3 Å². The molecule has 1 aliphatic rings. The van der Waals surface area contributed by atoms with Gasteiger partial charge in [-0.05, 0) is 22.4 Å². The van der Waals surface area contributed by atoms with Crippen molar-refractivity contribution in [3.05, 3.63) is 16.3 Å². The van der Waals surface area contributed by atoms with Crippen molar-refractivity contribution in [1.82, 2.24) is 0 Å². The lowest BCUT2D eigenvalue weighted by atomic mass is 10.2. The summed E-state index contributed by atoms with van der Waals surface area (Å²) >= 11 is 3.26. The molecule has 0 aromatic carbocycles. The highest BCUT2D eigenvalue weighted by Gasteiger charge is 2.23. The molecule has 0 spiro atoms. The minimum absolute atomic E-state index is 0.0197. The van der Waals surface area contributed by atoms with Gasteiger partial charge in [0, 0.05) is 19.2 Å². The van der Waals surface area contributed by atoms with Crippen LogP contribution in [0.3, 0.4) is 0 Å². The Morgan fingerprint density at radius 1 is 1.62 bits per heavy atom. The Morgan fingerprint density at radius 2 is 2.31 bits per heavy atom. The minimum atomic E-state index is -1.03. The first-order chi connectivity index (χ1) is 6.18. The summed E-state index contributed by atoms with van der Waals surface area (Å²) in [5.41, 5.74) is 0. The van der Waals surface area contributed by atoms with Crippen molar-refractivity contribution in [3.8, 4) is 0 Å². The van der Waals surface area contributed by atoms with Crippen molar-refractivity contribution in [2.75, 3.05) is 18.0 Å². The average molecular weight is 246 g/mol. The van der Waals surface area contributed by atoms with Crippen LogP contribution in [0.1, 0.15) is 17.0 Å². The summed E-state index contributed by atoms with van der Waals surface area (Å²) in [7, 11) is 0. The van der Waals surface area contributed by atoms with E-state index in [-0.39, 0.29) is 5.76 Å². The third-order valence-electron chi connectivity index (χ3n) is 2.02.